The van der Waals surface area contributed by atoms with Gasteiger partial charge in [-0.2, -0.15) is 0 Å². The van der Waals surface area contributed by atoms with Crippen LogP contribution >= 0.6 is 0 Å². The Kier molecular flexibility index (Phi) is 4.49. The fourth-order valence-electron chi connectivity index (χ4n) is 3.92. The van der Waals surface area contributed by atoms with Gasteiger partial charge in [0.2, 0.25) is 0 Å². The molecule has 0 bridgehead atoms. The maximum Gasteiger partial charge on any atom is 0.110 e. The molecule has 4 aromatic carbocycles. The smallest absolute Gasteiger partial charge is 0.0629 e. The molecule has 0 saturated heterocycles. The largest absolute Gasteiger partial charge is 0.110 e. The second kappa shape index (κ2) is 7.08. The second-order valence-corrected chi connectivity index (χ2v) is 9.94. The molecular weight excluding hydrogens is 316 g/mol. The van der Waals surface area contributed by atoms with Gasteiger partial charge in [0.05, 0.1) is 0 Å². The Morgan fingerprint density at radius 1 is 0.560 bits per heavy atom. The molecule has 0 fully saturated rings. The molecule has 4 rings (SSSR count). The van der Waals surface area contributed by atoms with E-state index < -0.39 is 8.80 Å². The highest BCUT2D eigenvalue weighted by atomic mass is 28.3. The number of hydrogen-bond donors (Lipinski definition) is 0. The standard InChI is InChI=1S/C24H22Si/c1-19(23-18-10-12-20-11-8-9-17-24(20)23)25(21-13-4-2-5-14-21)22-15-6-3-7-16-22/h2-19,25H,1H3/t19-/m1/s1. The van der Waals surface area contributed by atoms with Gasteiger partial charge in [0.1, 0.15) is 8.80 Å². The molecule has 0 saturated carbocycles. The van der Waals surface area contributed by atoms with Crippen LogP contribution in [0.25, 0.3) is 10.8 Å². The van der Waals surface area contributed by atoms with Crippen LogP contribution in [0.1, 0.15) is 18.0 Å². The number of hydrogen-bond acceptors (Lipinski definition) is 0. The third-order valence-corrected chi connectivity index (χ3v) is 8.70. The predicted octanol–water partition coefficient (Wildman–Crippen LogP) is 4.52. The second-order valence-electron chi connectivity index (χ2n) is 6.66. The van der Waals surface area contributed by atoms with Crippen molar-refractivity contribution in [1.82, 2.24) is 0 Å². The topological polar surface area (TPSA) is 0 Å². The molecule has 122 valence electrons. The molecular formula is C24H22Si. The number of benzene rings is 4. The van der Waals surface area contributed by atoms with Crippen molar-refractivity contribution in [1.29, 1.82) is 0 Å². The molecule has 0 unspecified atom stereocenters. The van der Waals surface area contributed by atoms with Crippen molar-refractivity contribution in [2.24, 2.45) is 0 Å². The minimum Gasteiger partial charge on any atom is -0.0629 e. The van der Waals surface area contributed by atoms with Crippen molar-refractivity contribution in [2.45, 2.75) is 12.5 Å². The SMILES string of the molecule is C[C@H](c1cccc2ccccc12)[SiH](c1ccccc1)c1ccccc1. The van der Waals surface area contributed by atoms with E-state index in [0.29, 0.717) is 5.54 Å². The highest BCUT2D eigenvalue weighted by Gasteiger charge is 2.25. The van der Waals surface area contributed by atoms with E-state index in [1.165, 1.54) is 26.7 Å². The molecule has 0 nitrogen and oxygen atoms in total. The molecule has 0 aliphatic heterocycles. The fourth-order valence-corrected chi connectivity index (χ4v) is 7.38. The van der Waals surface area contributed by atoms with Crippen molar-refractivity contribution < 1.29 is 0 Å². The molecule has 4 aromatic rings. The van der Waals surface area contributed by atoms with Gasteiger partial charge in [-0.25, -0.2) is 0 Å². The molecule has 25 heavy (non-hydrogen) atoms. The maximum atomic E-state index is 2.42. The van der Waals surface area contributed by atoms with Crippen molar-refractivity contribution in [3.8, 4) is 0 Å². The van der Waals surface area contributed by atoms with Gasteiger partial charge in [0, 0.05) is 0 Å². The van der Waals surface area contributed by atoms with E-state index in [-0.39, 0.29) is 0 Å². The molecule has 0 aliphatic carbocycles. The molecule has 0 amide bonds. The summed E-state index contributed by atoms with van der Waals surface area (Å²) < 4.78 is 0. The number of rotatable bonds is 4. The maximum absolute atomic E-state index is 2.42. The molecule has 0 N–H and O–H groups in total. The van der Waals surface area contributed by atoms with Crippen LogP contribution in [0.15, 0.2) is 103 Å². The summed E-state index contributed by atoms with van der Waals surface area (Å²) in [6.45, 7) is 2.42. The Morgan fingerprint density at radius 2 is 1.08 bits per heavy atom. The summed E-state index contributed by atoms with van der Waals surface area (Å²) in [6.07, 6.45) is 0. The van der Waals surface area contributed by atoms with Crippen LogP contribution in [0.3, 0.4) is 0 Å². The van der Waals surface area contributed by atoms with Gasteiger partial charge in [-0.1, -0.05) is 120 Å². The van der Waals surface area contributed by atoms with Crippen LogP contribution in [0.5, 0.6) is 0 Å². The summed E-state index contributed by atoms with van der Waals surface area (Å²) in [7, 11) is -1.38. The average Bonchev–Trinajstić information content (AvgIpc) is 2.69. The molecule has 0 spiro atoms. The van der Waals surface area contributed by atoms with Gasteiger partial charge in [0.25, 0.3) is 0 Å². The fraction of sp³-hybridized carbons (Fsp3) is 0.0833. The molecule has 0 heterocycles. The quantitative estimate of drug-likeness (QED) is 0.480. The normalized spacial score (nSPS) is 12.4. The zero-order chi connectivity index (χ0) is 17.1. The summed E-state index contributed by atoms with van der Waals surface area (Å²) in [5.74, 6) is 0. The highest BCUT2D eigenvalue weighted by molar-refractivity contribution is 6.86. The lowest BCUT2D eigenvalue weighted by Gasteiger charge is -2.25. The van der Waals surface area contributed by atoms with Crippen molar-refractivity contribution >= 4 is 29.9 Å². The molecule has 1 atom stereocenters. The van der Waals surface area contributed by atoms with Crippen molar-refractivity contribution in [3.05, 3.63) is 109 Å². The van der Waals surface area contributed by atoms with Crippen LogP contribution in [0.4, 0.5) is 0 Å². The predicted molar refractivity (Wildman–Crippen MR) is 112 cm³/mol. The molecule has 0 aliphatic rings. The summed E-state index contributed by atoms with van der Waals surface area (Å²) in [5, 5.41) is 5.74. The Balaban J connectivity index is 1.87. The zero-order valence-electron chi connectivity index (χ0n) is 14.5. The molecule has 1 heteroatoms. The minimum atomic E-state index is -1.38. The van der Waals surface area contributed by atoms with Crippen LogP contribution < -0.4 is 10.4 Å². The van der Waals surface area contributed by atoms with Gasteiger partial charge in [-0.3, -0.25) is 0 Å². The van der Waals surface area contributed by atoms with E-state index in [0.717, 1.165) is 0 Å². The first kappa shape index (κ1) is 15.9. The van der Waals surface area contributed by atoms with E-state index in [2.05, 4.69) is 110 Å². The van der Waals surface area contributed by atoms with Crippen LogP contribution in [0, 0.1) is 0 Å². The van der Waals surface area contributed by atoms with Gasteiger partial charge >= 0.3 is 0 Å². The van der Waals surface area contributed by atoms with E-state index in [4.69, 9.17) is 0 Å². The monoisotopic (exact) mass is 338 g/mol. The average molecular weight is 339 g/mol. The lowest BCUT2D eigenvalue weighted by molar-refractivity contribution is 1.07. The Morgan fingerprint density at radius 3 is 1.72 bits per heavy atom. The van der Waals surface area contributed by atoms with Crippen LogP contribution in [-0.2, 0) is 0 Å². The summed E-state index contributed by atoms with van der Waals surface area (Å²) in [6, 6.07) is 37.7. The van der Waals surface area contributed by atoms with Crippen molar-refractivity contribution in [3.63, 3.8) is 0 Å². The molecule has 0 radical (unpaired) electrons. The Labute approximate surface area is 151 Å². The zero-order valence-corrected chi connectivity index (χ0v) is 15.6. The van der Waals surface area contributed by atoms with E-state index in [1.807, 2.05) is 0 Å². The Bertz CT molecular complexity index is 916. The summed E-state index contributed by atoms with van der Waals surface area (Å²) in [4.78, 5) is 0. The lowest BCUT2D eigenvalue weighted by atomic mass is 10.0. The molecule has 0 aromatic heterocycles. The Hall–Kier alpha value is -2.64. The van der Waals surface area contributed by atoms with Gasteiger partial charge in [-0.15, -0.1) is 0 Å². The third kappa shape index (κ3) is 3.16. The van der Waals surface area contributed by atoms with E-state index in [9.17, 15) is 0 Å². The first-order chi connectivity index (χ1) is 12.3. The van der Waals surface area contributed by atoms with Crippen LogP contribution in [-0.4, -0.2) is 8.80 Å². The highest BCUT2D eigenvalue weighted by Crippen LogP contribution is 2.27. The van der Waals surface area contributed by atoms with Crippen molar-refractivity contribution in [2.75, 3.05) is 0 Å². The first-order valence-electron chi connectivity index (χ1n) is 8.92. The number of fused-ring (bicyclic) bond motifs is 1. The van der Waals surface area contributed by atoms with Gasteiger partial charge < -0.3 is 0 Å². The van der Waals surface area contributed by atoms with E-state index in [1.54, 1.807) is 0 Å². The summed E-state index contributed by atoms with van der Waals surface area (Å²) >= 11 is 0. The minimum absolute atomic E-state index is 0.524. The van der Waals surface area contributed by atoms with Crippen LogP contribution in [0.2, 0.25) is 0 Å². The van der Waals surface area contributed by atoms with Gasteiger partial charge in [-0.05, 0) is 21.9 Å². The lowest BCUT2D eigenvalue weighted by Crippen LogP contribution is -2.46. The van der Waals surface area contributed by atoms with Gasteiger partial charge in [0.15, 0.2) is 0 Å². The first-order valence-corrected chi connectivity index (χ1v) is 10.7. The summed E-state index contributed by atoms with van der Waals surface area (Å²) in [5.41, 5.74) is 2.00. The third-order valence-electron chi connectivity index (χ3n) is 5.13. The van der Waals surface area contributed by atoms with E-state index >= 15 is 0 Å².